The summed E-state index contributed by atoms with van der Waals surface area (Å²) in [5.74, 6) is -0.435. The van der Waals surface area contributed by atoms with Crippen molar-refractivity contribution < 1.29 is 22.9 Å². The number of piperidine rings is 1. The molecule has 0 bridgehead atoms. The van der Waals surface area contributed by atoms with Crippen LogP contribution in [0.4, 0.5) is 5.69 Å². The number of sulfonamides is 1. The molecule has 1 amide bonds. The highest BCUT2D eigenvalue weighted by molar-refractivity contribution is 7.89. The van der Waals surface area contributed by atoms with Gasteiger partial charge in [0.05, 0.1) is 16.4 Å². The molecule has 2 aliphatic heterocycles. The van der Waals surface area contributed by atoms with E-state index < -0.39 is 26.6 Å². The zero-order chi connectivity index (χ0) is 24.0. The summed E-state index contributed by atoms with van der Waals surface area (Å²) in [6.45, 7) is 6.52. The van der Waals surface area contributed by atoms with Crippen LogP contribution < -0.4 is 0 Å². The Morgan fingerprint density at radius 2 is 1.67 bits per heavy atom. The Kier molecular flexibility index (Phi) is 6.02. The predicted molar refractivity (Wildman–Crippen MR) is 121 cm³/mol. The molecule has 2 saturated heterocycles. The molecule has 1 spiro atoms. The Labute approximate surface area is 193 Å². The molecule has 0 aliphatic carbocycles. The molecule has 176 valence electrons. The van der Waals surface area contributed by atoms with E-state index in [4.69, 9.17) is 4.74 Å². The molecule has 0 radical (unpaired) electrons. The van der Waals surface area contributed by atoms with Crippen LogP contribution in [0, 0.1) is 30.9 Å². The van der Waals surface area contributed by atoms with E-state index in [0.717, 1.165) is 5.56 Å². The van der Waals surface area contributed by atoms with E-state index in [0.29, 0.717) is 28.9 Å². The number of rotatable bonds is 4. The highest BCUT2D eigenvalue weighted by Gasteiger charge is 2.51. The van der Waals surface area contributed by atoms with E-state index in [1.54, 1.807) is 19.9 Å². The molecule has 0 unspecified atom stereocenters. The van der Waals surface area contributed by atoms with Crippen molar-refractivity contribution in [1.82, 2.24) is 9.21 Å². The van der Waals surface area contributed by atoms with Crippen LogP contribution in [-0.4, -0.2) is 60.4 Å². The normalized spacial score (nSPS) is 18.6. The first-order valence-corrected chi connectivity index (χ1v) is 12.3. The lowest BCUT2D eigenvalue weighted by Crippen LogP contribution is -2.55. The van der Waals surface area contributed by atoms with Gasteiger partial charge in [0.25, 0.3) is 11.6 Å². The monoisotopic (exact) mass is 473 g/mol. The molecule has 9 nitrogen and oxygen atoms in total. The first-order valence-electron chi connectivity index (χ1n) is 10.8. The molecule has 2 aliphatic rings. The minimum atomic E-state index is -3.82. The first-order chi connectivity index (χ1) is 15.6. The van der Waals surface area contributed by atoms with Gasteiger partial charge in [-0.25, -0.2) is 8.42 Å². The van der Waals surface area contributed by atoms with E-state index in [-0.39, 0.29) is 37.5 Å². The second-order valence-electron chi connectivity index (χ2n) is 8.67. The molecule has 10 heteroatoms. The Morgan fingerprint density at radius 3 is 2.27 bits per heavy atom. The number of ether oxygens (including phenoxy) is 1. The van der Waals surface area contributed by atoms with E-state index in [1.807, 2.05) is 19.1 Å². The zero-order valence-electron chi connectivity index (χ0n) is 18.9. The second-order valence-corrected chi connectivity index (χ2v) is 10.5. The third kappa shape index (κ3) is 4.03. The van der Waals surface area contributed by atoms with Crippen molar-refractivity contribution in [3.05, 3.63) is 68.8 Å². The van der Waals surface area contributed by atoms with Gasteiger partial charge in [0.2, 0.25) is 10.0 Å². The lowest BCUT2D eigenvalue weighted by Gasteiger charge is -2.43. The zero-order valence-corrected chi connectivity index (χ0v) is 19.7. The average molecular weight is 474 g/mol. The molecule has 2 aromatic carbocycles. The largest absolute Gasteiger partial charge is 0.358 e. The summed E-state index contributed by atoms with van der Waals surface area (Å²) >= 11 is 0. The number of carbonyl (C=O) groups excluding carboxylic acids is 1. The third-order valence-corrected chi connectivity index (χ3v) is 8.69. The fourth-order valence-corrected chi connectivity index (χ4v) is 7.19. The fraction of sp³-hybridized carbons (Fsp3) is 0.435. The SMILES string of the molecule is Cc1cc(C)c(S(=O)(=O)N2CCOC23CCN(C(=O)c2ccccc2[N+](=O)[O-])CC3)c(C)c1. The van der Waals surface area contributed by atoms with Crippen LogP contribution in [0.2, 0.25) is 0 Å². The maximum Gasteiger partial charge on any atom is 0.282 e. The van der Waals surface area contributed by atoms with Gasteiger partial charge >= 0.3 is 0 Å². The van der Waals surface area contributed by atoms with Crippen LogP contribution in [0.25, 0.3) is 0 Å². The number of nitrogens with zero attached hydrogens (tertiary/aromatic N) is 3. The molecule has 0 N–H and O–H groups in total. The highest BCUT2D eigenvalue weighted by Crippen LogP contribution is 2.40. The Hall–Kier alpha value is -2.82. The number of amides is 1. The highest BCUT2D eigenvalue weighted by atomic mass is 32.2. The van der Waals surface area contributed by atoms with Crippen LogP contribution in [0.15, 0.2) is 41.3 Å². The molecule has 33 heavy (non-hydrogen) atoms. The van der Waals surface area contributed by atoms with Crippen molar-refractivity contribution in [1.29, 1.82) is 0 Å². The molecular weight excluding hydrogens is 446 g/mol. The molecule has 4 rings (SSSR count). The van der Waals surface area contributed by atoms with Crippen molar-refractivity contribution in [2.45, 2.75) is 44.2 Å². The number of hydrogen-bond donors (Lipinski definition) is 0. The van der Waals surface area contributed by atoms with Crippen molar-refractivity contribution >= 4 is 21.6 Å². The van der Waals surface area contributed by atoms with Crippen molar-refractivity contribution in [3.8, 4) is 0 Å². The summed E-state index contributed by atoms with van der Waals surface area (Å²) in [6.07, 6.45) is 0.588. The summed E-state index contributed by atoms with van der Waals surface area (Å²) < 4.78 is 34.9. The topological polar surface area (TPSA) is 110 Å². The summed E-state index contributed by atoms with van der Waals surface area (Å²) in [5.41, 5.74) is 1.15. The lowest BCUT2D eigenvalue weighted by atomic mass is 9.99. The second kappa shape index (κ2) is 8.51. The number of para-hydroxylation sites is 1. The first kappa shape index (κ1) is 23.3. The van der Waals surface area contributed by atoms with E-state index in [1.165, 1.54) is 27.4 Å². The molecule has 0 aromatic heterocycles. The van der Waals surface area contributed by atoms with Crippen LogP contribution in [0.5, 0.6) is 0 Å². The van der Waals surface area contributed by atoms with Crippen molar-refractivity contribution in [2.75, 3.05) is 26.2 Å². The lowest BCUT2D eigenvalue weighted by molar-refractivity contribution is -0.385. The van der Waals surface area contributed by atoms with Crippen LogP contribution in [0.1, 0.15) is 39.9 Å². The quantitative estimate of drug-likeness (QED) is 0.498. The summed E-state index contributed by atoms with van der Waals surface area (Å²) in [5, 5.41) is 11.3. The van der Waals surface area contributed by atoms with Gasteiger partial charge in [0.15, 0.2) is 0 Å². The summed E-state index contributed by atoms with van der Waals surface area (Å²) in [7, 11) is -3.82. The number of carbonyl (C=O) groups is 1. The maximum absolute atomic E-state index is 13.7. The Bertz CT molecular complexity index is 1200. The van der Waals surface area contributed by atoms with E-state index in [9.17, 15) is 23.3 Å². The minimum absolute atomic E-state index is 0.0289. The van der Waals surface area contributed by atoms with E-state index >= 15 is 0 Å². The molecule has 0 atom stereocenters. The van der Waals surface area contributed by atoms with Gasteiger partial charge in [0, 0.05) is 38.5 Å². The number of aryl methyl sites for hydroxylation is 3. The van der Waals surface area contributed by atoms with E-state index in [2.05, 4.69) is 0 Å². The van der Waals surface area contributed by atoms with Gasteiger partial charge in [0.1, 0.15) is 11.3 Å². The van der Waals surface area contributed by atoms with Crippen LogP contribution >= 0.6 is 0 Å². The summed E-state index contributed by atoms with van der Waals surface area (Å²) in [4.78, 5) is 25.6. The van der Waals surface area contributed by atoms with Gasteiger partial charge in [-0.15, -0.1) is 0 Å². The maximum atomic E-state index is 13.7. The van der Waals surface area contributed by atoms with Crippen molar-refractivity contribution in [3.63, 3.8) is 0 Å². The fourth-order valence-electron chi connectivity index (χ4n) is 5.05. The van der Waals surface area contributed by atoms with Gasteiger partial charge in [-0.2, -0.15) is 4.31 Å². The smallest absolute Gasteiger partial charge is 0.282 e. The van der Waals surface area contributed by atoms with Gasteiger partial charge in [-0.05, 0) is 38.0 Å². The molecule has 2 aromatic rings. The standard InChI is InChI=1S/C23H27N3O6S/c1-16-14-17(2)21(18(3)15-16)33(30,31)25-12-13-32-23(25)8-10-24(11-9-23)22(27)19-6-4-5-7-20(19)26(28)29/h4-7,14-15H,8-13H2,1-3H3. The molecule has 2 heterocycles. The number of likely N-dealkylation sites (tertiary alicyclic amines) is 1. The minimum Gasteiger partial charge on any atom is -0.358 e. The van der Waals surface area contributed by atoms with Crippen molar-refractivity contribution in [2.24, 2.45) is 0 Å². The predicted octanol–water partition coefficient (Wildman–Crippen LogP) is 3.17. The van der Waals surface area contributed by atoms with Gasteiger partial charge < -0.3 is 9.64 Å². The number of benzene rings is 2. The molecule has 2 fully saturated rings. The summed E-state index contributed by atoms with van der Waals surface area (Å²) in [6, 6.07) is 9.57. The number of nitro groups is 1. The number of nitro benzene ring substituents is 1. The van der Waals surface area contributed by atoms with Gasteiger partial charge in [-0.3, -0.25) is 14.9 Å². The molecular formula is C23H27N3O6S. The van der Waals surface area contributed by atoms with Gasteiger partial charge in [-0.1, -0.05) is 29.8 Å². The third-order valence-electron chi connectivity index (χ3n) is 6.44. The molecule has 0 saturated carbocycles. The average Bonchev–Trinajstić information content (AvgIpc) is 3.16. The Morgan fingerprint density at radius 1 is 1.06 bits per heavy atom. The Balaban J connectivity index is 1.58. The van der Waals surface area contributed by atoms with Crippen LogP contribution in [-0.2, 0) is 14.8 Å². The van der Waals surface area contributed by atoms with Crippen LogP contribution in [0.3, 0.4) is 0 Å². The number of hydrogen-bond acceptors (Lipinski definition) is 6.